The molecule has 0 spiro atoms. The highest BCUT2D eigenvalue weighted by molar-refractivity contribution is 9.10. The summed E-state index contributed by atoms with van der Waals surface area (Å²) in [6, 6.07) is 1.68. The number of hydrogen-bond acceptors (Lipinski definition) is 6. The fraction of sp³-hybridized carbons (Fsp3) is 0.200. The summed E-state index contributed by atoms with van der Waals surface area (Å²) < 4.78 is 26.9. The van der Waals surface area contributed by atoms with Gasteiger partial charge in [0.1, 0.15) is 0 Å². The molecule has 3 aromatic heterocycles. The Bertz CT molecular complexity index is 934. The highest BCUT2D eigenvalue weighted by Gasteiger charge is 2.23. The number of nitrogens with zero attached hydrogens (tertiary/aromatic N) is 5. The Balaban J connectivity index is 1.71. The molecule has 7 nitrogen and oxygen atoms in total. The maximum Gasteiger partial charge on any atom is 0.258 e. The van der Waals surface area contributed by atoms with Crippen molar-refractivity contribution < 1.29 is 13.9 Å². The molecule has 0 saturated carbocycles. The zero-order chi connectivity index (χ0) is 17.4. The van der Waals surface area contributed by atoms with E-state index in [0.29, 0.717) is 24.3 Å². The van der Waals surface area contributed by atoms with Crippen molar-refractivity contribution in [1.82, 2.24) is 24.7 Å². The van der Waals surface area contributed by atoms with Gasteiger partial charge in [0.25, 0.3) is 5.88 Å². The van der Waals surface area contributed by atoms with E-state index in [1.807, 2.05) is 6.20 Å². The normalized spacial score (nSPS) is 14.4. The minimum absolute atomic E-state index is 0.0195. The van der Waals surface area contributed by atoms with E-state index in [1.54, 1.807) is 10.9 Å². The molecule has 25 heavy (non-hydrogen) atoms. The van der Waals surface area contributed by atoms with Gasteiger partial charge in [0.15, 0.2) is 5.82 Å². The average molecular weight is 427 g/mol. The second-order valence-electron chi connectivity index (χ2n) is 5.27. The lowest BCUT2D eigenvalue weighted by Gasteiger charge is -2.25. The van der Waals surface area contributed by atoms with E-state index in [9.17, 15) is 4.39 Å². The summed E-state index contributed by atoms with van der Waals surface area (Å²) >= 11 is 8.96. The zero-order valence-corrected chi connectivity index (χ0v) is 14.9. The van der Waals surface area contributed by atoms with Gasteiger partial charge in [-0.15, -0.1) is 0 Å². The van der Waals surface area contributed by atoms with Crippen LogP contribution in [0.4, 0.5) is 4.39 Å². The molecule has 3 aromatic rings. The Morgan fingerprint density at radius 2 is 2.12 bits per heavy atom. The first kappa shape index (κ1) is 16.4. The van der Waals surface area contributed by atoms with Gasteiger partial charge in [0.2, 0.25) is 11.2 Å². The molecular weight excluding hydrogens is 417 g/mol. The van der Waals surface area contributed by atoms with Gasteiger partial charge >= 0.3 is 0 Å². The molecule has 0 atom stereocenters. The number of pyridine rings is 1. The van der Waals surface area contributed by atoms with Crippen molar-refractivity contribution in [3.8, 4) is 22.9 Å². The number of halogens is 3. The number of ether oxygens (including phenoxy) is 2. The third kappa shape index (κ3) is 3.22. The van der Waals surface area contributed by atoms with Crippen LogP contribution in [0, 0.1) is 5.82 Å². The summed E-state index contributed by atoms with van der Waals surface area (Å²) in [5.74, 6) is -0.760. The summed E-state index contributed by atoms with van der Waals surface area (Å²) in [5.41, 5.74) is 1.24. The van der Waals surface area contributed by atoms with Gasteiger partial charge < -0.3 is 9.47 Å². The van der Waals surface area contributed by atoms with E-state index in [0.717, 1.165) is 0 Å². The van der Waals surface area contributed by atoms with Crippen LogP contribution in [0.5, 0.6) is 11.8 Å². The monoisotopic (exact) mass is 425 g/mol. The van der Waals surface area contributed by atoms with Crippen LogP contribution in [0.1, 0.15) is 6.04 Å². The Kier molecular flexibility index (Phi) is 4.36. The van der Waals surface area contributed by atoms with E-state index in [-0.39, 0.29) is 27.6 Å². The Morgan fingerprint density at radius 3 is 2.88 bits per heavy atom. The fourth-order valence-electron chi connectivity index (χ4n) is 2.24. The molecule has 4 rings (SSSR count). The largest absolute Gasteiger partial charge is 0.417 e. The molecule has 1 aliphatic rings. The maximum atomic E-state index is 14.1. The quantitative estimate of drug-likeness (QED) is 0.593. The van der Waals surface area contributed by atoms with Crippen LogP contribution in [-0.2, 0) is 4.74 Å². The molecule has 0 radical (unpaired) electrons. The van der Waals surface area contributed by atoms with Crippen molar-refractivity contribution in [2.75, 3.05) is 13.2 Å². The first-order valence-electron chi connectivity index (χ1n) is 7.24. The van der Waals surface area contributed by atoms with Gasteiger partial charge in [-0.05, 0) is 33.6 Å². The first-order chi connectivity index (χ1) is 12.1. The summed E-state index contributed by atoms with van der Waals surface area (Å²) in [6.45, 7) is 1.24. The molecule has 0 aromatic carbocycles. The predicted octanol–water partition coefficient (Wildman–Crippen LogP) is 3.65. The topological polar surface area (TPSA) is 75.0 Å². The smallest absolute Gasteiger partial charge is 0.258 e. The highest BCUT2D eigenvalue weighted by Crippen LogP contribution is 2.34. The number of hydrogen-bond donors (Lipinski definition) is 0. The van der Waals surface area contributed by atoms with Crippen molar-refractivity contribution in [1.29, 1.82) is 0 Å². The van der Waals surface area contributed by atoms with E-state index >= 15 is 0 Å². The van der Waals surface area contributed by atoms with Gasteiger partial charge in [0.05, 0.1) is 35.5 Å². The summed E-state index contributed by atoms with van der Waals surface area (Å²) in [6.07, 6.45) is 6.40. The van der Waals surface area contributed by atoms with Crippen LogP contribution in [0.25, 0.3) is 11.1 Å². The van der Waals surface area contributed by atoms with Crippen LogP contribution in [0.2, 0.25) is 5.28 Å². The van der Waals surface area contributed by atoms with Gasteiger partial charge in [-0.2, -0.15) is 14.5 Å². The molecule has 0 aliphatic carbocycles. The zero-order valence-electron chi connectivity index (χ0n) is 12.6. The molecule has 10 heteroatoms. The molecule has 0 N–H and O–H groups in total. The van der Waals surface area contributed by atoms with Crippen LogP contribution in [0.3, 0.4) is 0 Å². The Morgan fingerprint density at radius 1 is 1.28 bits per heavy atom. The van der Waals surface area contributed by atoms with Crippen LogP contribution >= 0.6 is 27.5 Å². The van der Waals surface area contributed by atoms with Gasteiger partial charge in [0, 0.05) is 24.2 Å². The molecule has 128 valence electrons. The Labute approximate surface area is 154 Å². The highest BCUT2D eigenvalue weighted by atomic mass is 79.9. The molecule has 1 saturated heterocycles. The predicted molar refractivity (Wildman–Crippen MR) is 90.1 cm³/mol. The lowest BCUT2D eigenvalue weighted by Crippen LogP contribution is -2.30. The van der Waals surface area contributed by atoms with Crippen molar-refractivity contribution in [3.05, 3.63) is 46.4 Å². The molecule has 4 heterocycles. The minimum Gasteiger partial charge on any atom is -0.417 e. The van der Waals surface area contributed by atoms with Crippen LogP contribution in [0.15, 0.2) is 35.3 Å². The maximum absolute atomic E-state index is 14.1. The lowest BCUT2D eigenvalue weighted by molar-refractivity contribution is -0.0286. The summed E-state index contributed by atoms with van der Waals surface area (Å²) in [5, 5.41) is 4.29. The third-order valence-corrected chi connectivity index (χ3v) is 4.43. The first-order valence-corrected chi connectivity index (χ1v) is 8.41. The van der Waals surface area contributed by atoms with Gasteiger partial charge in [-0.1, -0.05) is 0 Å². The third-order valence-electron chi connectivity index (χ3n) is 3.63. The van der Waals surface area contributed by atoms with E-state index in [1.165, 1.54) is 18.5 Å². The molecule has 0 bridgehead atoms. The summed E-state index contributed by atoms with van der Waals surface area (Å²) in [7, 11) is 0. The molecular formula is C15H10BrClFN5O2. The molecule has 1 aliphatic heterocycles. The molecule has 0 unspecified atom stereocenters. The van der Waals surface area contributed by atoms with Gasteiger partial charge in [-0.25, -0.2) is 9.97 Å². The van der Waals surface area contributed by atoms with Gasteiger partial charge in [-0.3, -0.25) is 4.68 Å². The minimum atomic E-state index is -0.634. The van der Waals surface area contributed by atoms with E-state index < -0.39 is 5.82 Å². The second kappa shape index (κ2) is 6.66. The molecule has 1 fully saturated rings. The van der Waals surface area contributed by atoms with Crippen molar-refractivity contribution in [2.24, 2.45) is 0 Å². The number of rotatable bonds is 4. The van der Waals surface area contributed by atoms with Crippen molar-refractivity contribution in [3.63, 3.8) is 0 Å². The number of aromatic nitrogens is 5. The SMILES string of the molecule is Fc1c(Br)ccnc1Oc1nc(Cl)ncc1-c1cnn(C2COC2)c1. The van der Waals surface area contributed by atoms with Crippen molar-refractivity contribution in [2.45, 2.75) is 6.04 Å². The average Bonchev–Trinajstić information content (AvgIpc) is 2.99. The van der Waals surface area contributed by atoms with Crippen molar-refractivity contribution >= 4 is 27.5 Å². The van der Waals surface area contributed by atoms with E-state index in [2.05, 4.69) is 36.0 Å². The van der Waals surface area contributed by atoms with Crippen LogP contribution in [-0.4, -0.2) is 37.9 Å². The lowest BCUT2D eigenvalue weighted by atomic mass is 10.2. The standard InChI is InChI=1S/C15H10BrClFN5O2/c16-11-1-2-19-14(12(11)18)25-13-10(4-20-15(17)22-13)8-3-21-23(5-8)9-6-24-7-9/h1-5,9H,6-7H2. The Hall–Kier alpha value is -2.10. The second-order valence-corrected chi connectivity index (χ2v) is 6.46. The van der Waals surface area contributed by atoms with Crippen LogP contribution < -0.4 is 4.74 Å². The fourth-order valence-corrected chi connectivity index (χ4v) is 2.65. The summed E-state index contributed by atoms with van der Waals surface area (Å²) in [4.78, 5) is 11.9. The van der Waals surface area contributed by atoms with E-state index in [4.69, 9.17) is 21.1 Å². The molecule has 0 amide bonds.